The number of fused-ring (bicyclic) bond motifs is 1. The lowest BCUT2D eigenvalue weighted by molar-refractivity contribution is 0.837. The van der Waals surface area contributed by atoms with Gasteiger partial charge in [0.1, 0.15) is 11.4 Å². The van der Waals surface area contributed by atoms with Gasteiger partial charge in [-0.25, -0.2) is 4.98 Å². The highest BCUT2D eigenvalue weighted by molar-refractivity contribution is 7.80. The van der Waals surface area contributed by atoms with Gasteiger partial charge in [-0.1, -0.05) is 12.6 Å². The highest BCUT2D eigenvalue weighted by Gasteiger charge is 2.00. The second-order valence-corrected chi connectivity index (χ2v) is 2.63. The van der Waals surface area contributed by atoms with Crippen LogP contribution in [-0.2, 0) is 0 Å². The highest BCUT2D eigenvalue weighted by atomic mass is 32.1. The summed E-state index contributed by atoms with van der Waals surface area (Å²) in [6.07, 6.45) is 1.44. The summed E-state index contributed by atoms with van der Waals surface area (Å²) in [6.45, 7) is 1.88. The van der Waals surface area contributed by atoms with Crippen molar-refractivity contribution in [3.8, 4) is 0 Å². The molecule has 0 aromatic carbocycles. The Hall–Kier alpha value is -1.23. The summed E-state index contributed by atoms with van der Waals surface area (Å²) in [5.41, 5.74) is 0.871. The van der Waals surface area contributed by atoms with E-state index in [2.05, 4.69) is 15.1 Å². The Labute approximate surface area is 68.7 Å². The molecule has 0 atom stereocenters. The quantitative estimate of drug-likeness (QED) is 0.547. The molecule has 4 nitrogen and oxygen atoms in total. The molecule has 0 aliphatic carbocycles. The fourth-order valence-corrected chi connectivity index (χ4v) is 1.20. The van der Waals surface area contributed by atoms with Gasteiger partial charge >= 0.3 is 0 Å². The molecule has 2 rings (SSSR count). The number of hydrogen-bond donors (Lipinski definition) is 0. The van der Waals surface area contributed by atoms with Gasteiger partial charge in [-0.15, -0.1) is 0 Å². The molecule has 0 spiro atoms. The van der Waals surface area contributed by atoms with Crippen LogP contribution in [0.2, 0.25) is 0 Å². The third-order valence-corrected chi connectivity index (χ3v) is 1.64. The standard InChI is InChI=1S/C6H5N4S/c1-4-2-5(11)10-6(9-4)7-3-8-10/h2-3H,1H3. The van der Waals surface area contributed by atoms with Gasteiger partial charge in [0.2, 0.25) is 0 Å². The van der Waals surface area contributed by atoms with Crippen molar-refractivity contribution in [2.24, 2.45) is 0 Å². The minimum atomic E-state index is 0.565. The van der Waals surface area contributed by atoms with Gasteiger partial charge in [0, 0.05) is 5.69 Å². The monoisotopic (exact) mass is 165 g/mol. The molecule has 0 fully saturated rings. The molecule has 1 radical (unpaired) electrons. The summed E-state index contributed by atoms with van der Waals surface area (Å²) >= 11 is 5.02. The fourth-order valence-electron chi connectivity index (χ4n) is 0.897. The Kier molecular flexibility index (Phi) is 1.25. The number of aromatic nitrogens is 4. The maximum atomic E-state index is 5.02. The van der Waals surface area contributed by atoms with Gasteiger partial charge in [-0.3, -0.25) is 0 Å². The van der Waals surface area contributed by atoms with Crippen LogP contribution in [0.3, 0.4) is 0 Å². The van der Waals surface area contributed by atoms with Gasteiger partial charge < -0.3 is 0 Å². The topological polar surface area (TPSA) is 43.1 Å². The van der Waals surface area contributed by atoms with E-state index in [1.165, 1.54) is 10.8 Å². The second-order valence-electron chi connectivity index (χ2n) is 2.21. The Morgan fingerprint density at radius 3 is 3.18 bits per heavy atom. The molecule has 2 aromatic heterocycles. The smallest absolute Gasteiger partial charge is 0.216 e. The molecular formula is C6H5N4S. The lowest BCUT2D eigenvalue weighted by Gasteiger charge is -1.95. The zero-order valence-corrected chi connectivity index (χ0v) is 6.67. The van der Waals surface area contributed by atoms with Gasteiger partial charge in [-0.05, 0) is 13.0 Å². The molecule has 0 amide bonds. The number of rotatable bonds is 0. The molecule has 2 heterocycles. The predicted molar refractivity (Wildman–Crippen MR) is 41.4 cm³/mol. The van der Waals surface area contributed by atoms with E-state index in [0.29, 0.717) is 10.8 Å². The lowest BCUT2D eigenvalue weighted by Crippen LogP contribution is -1.94. The van der Waals surface area contributed by atoms with E-state index < -0.39 is 0 Å². The zero-order chi connectivity index (χ0) is 7.84. The summed E-state index contributed by atoms with van der Waals surface area (Å²) in [7, 11) is 0. The highest BCUT2D eigenvalue weighted by Crippen LogP contribution is 2.07. The first-order valence-corrected chi connectivity index (χ1v) is 3.52. The van der Waals surface area contributed by atoms with Crippen LogP contribution in [0, 0.1) is 6.92 Å². The van der Waals surface area contributed by atoms with Gasteiger partial charge in [-0.2, -0.15) is 14.6 Å². The summed E-state index contributed by atoms with van der Waals surface area (Å²) < 4.78 is 1.53. The summed E-state index contributed by atoms with van der Waals surface area (Å²) in [6, 6.07) is 1.79. The van der Waals surface area contributed by atoms with E-state index in [9.17, 15) is 0 Å². The third-order valence-electron chi connectivity index (χ3n) is 1.35. The van der Waals surface area contributed by atoms with E-state index in [1.807, 2.05) is 6.92 Å². The molecular weight excluding hydrogens is 160 g/mol. The van der Waals surface area contributed by atoms with Crippen molar-refractivity contribution in [1.82, 2.24) is 19.6 Å². The molecule has 55 valence electrons. The summed E-state index contributed by atoms with van der Waals surface area (Å²) in [5.74, 6) is 0.565. The number of nitrogens with zero attached hydrogens (tertiary/aromatic N) is 4. The van der Waals surface area contributed by atoms with Crippen LogP contribution in [0.1, 0.15) is 5.69 Å². The molecule has 11 heavy (non-hydrogen) atoms. The minimum Gasteiger partial charge on any atom is -0.216 e. The second kappa shape index (κ2) is 2.13. The van der Waals surface area contributed by atoms with Crippen LogP contribution in [-0.4, -0.2) is 19.6 Å². The molecule has 2 aromatic rings. The van der Waals surface area contributed by atoms with Crippen LogP contribution < -0.4 is 0 Å². The Morgan fingerprint density at radius 2 is 2.36 bits per heavy atom. The molecule has 0 saturated heterocycles. The molecule has 0 bridgehead atoms. The average Bonchev–Trinajstić information content (AvgIpc) is 2.34. The first-order chi connectivity index (χ1) is 5.27. The van der Waals surface area contributed by atoms with E-state index in [-0.39, 0.29) is 0 Å². The van der Waals surface area contributed by atoms with Crippen LogP contribution in [0.5, 0.6) is 0 Å². The van der Waals surface area contributed by atoms with Crippen LogP contribution in [0.4, 0.5) is 0 Å². The van der Waals surface area contributed by atoms with Crippen LogP contribution in [0.25, 0.3) is 5.78 Å². The fraction of sp³-hybridized carbons (Fsp3) is 0.167. The predicted octanol–water partition coefficient (Wildman–Crippen LogP) is 0.989. The van der Waals surface area contributed by atoms with E-state index in [1.54, 1.807) is 6.07 Å². The van der Waals surface area contributed by atoms with Crippen molar-refractivity contribution in [2.75, 3.05) is 0 Å². The maximum absolute atomic E-state index is 5.02. The molecule has 0 aliphatic heterocycles. The average molecular weight is 165 g/mol. The third kappa shape index (κ3) is 0.932. The van der Waals surface area contributed by atoms with Crippen molar-refractivity contribution >= 4 is 18.4 Å². The summed E-state index contributed by atoms with van der Waals surface area (Å²) in [5, 5.41) is 4.54. The largest absolute Gasteiger partial charge is 0.253 e. The van der Waals surface area contributed by atoms with Crippen molar-refractivity contribution in [3.63, 3.8) is 0 Å². The summed E-state index contributed by atoms with van der Waals surface area (Å²) in [4.78, 5) is 8.03. The Balaban J connectivity index is 2.91. The van der Waals surface area contributed by atoms with Gasteiger partial charge in [0.25, 0.3) is 5.78 Å². The molecule has 0 aliphatic rings. The van der Waals surface area contributed by atoms with E-state index in [4.69, 9.17) is 12.6 Å². The Morgan fingerprint density at radius 1 is 1.55 bits per heavy atom. The van der Waals surface area contributed by atoms with Crippen molar-refractivity contribution < 1.29 is 0 Å². The van der Waals surface area contributed by atoms with Crippen molar-refractivity contribution in [3.05, 3.63) is 18.1 Å². The lowest BCUT2D eigenvalue weighted by atomic mass is 10.5. The van der Waals surface area contributed by atoms with Gasteiger partial charge in [0.05, 0.1) is 0 Å². The molecule has 0 saturated carbocycles. The number of hydrogen-bond acceptors (Lipinski definition) is 3. The first-order valence-electron chi connectivity index (χ1n) is 3.12. The first kappa shape index (κ1) is 6.48. The SMILES string of the molecule is Cc1cc([S])n2ncnc2n1. The molecule has 5 heteroatoms. The van der Waals surface area contributed by atoms with Gasteiger partial charge in [0.15, 0.2) is 0 Å². The molecule has 0 unspecified atom stereocenters. The van der Waals surface area contributed by atoms with Crippen molar-refractivity contribution in [2.45, 2.75) is 11.9 Å². The molecule has 0 N–H and O–H groups in total. The normalized spacial score (nSPS) is 10.6. The van der Waals surface area contributed by atoms with Crippen LogP contribution in [0.15, 0.2) is 17.4 Å². The Bertz CT molecular complexity index is 394. The van der Waals surface area contributed by atoms with Crippen molar-refractivity contribution in [1.29, 1.82) is 0 Å². The maximum Gasteiger partial charge on any atom is 0.253 e. The zero-order valence-electron chi connectivity index (χ0n) is 5.85. The number of aryl methyl sites for hydroxylation is 1. The van der Waals surface area contributed by atoms with E-state index in [0.717, 1.165) is 5.69 Å². The van der Waals surface area contributed by atoms with Crippen LogP contribution >= 0.6 is 12.6 Å². The minimum absolute atomic E-state index is 0.565. The van der Waals surface area contributed by atoms with E-state index >= 15 is 0 Å².